The molecule has 9 heteroatoms. The fourth-order valence-corrected chi connectivity index (χ4v) is 2.79. The molecule has 0 bridgehead atoms. The van der Waals surface area contributed by atoms with E-state index >= 15 is 0 Å². The van der Waals surface area contributed by atoms with E-state index in [1.54, 1.807) is 11.6 Å². The Kier molecular flexibility index (Phi) is 5.40. The summed E-state index contributed by atoms with van der Waals surface area (Å²) in [6, 6.07) is 10.0. The number of benzene rings is 1. The first-order chi connectivity index (χ1) is 13.7. The monoisotopic (exact) mass is 402 g/mol. The number of hydrogen-bond acceptors (Lipinski definition) is 3. The number of H-pyrrole nitrogens is 1. The Morgan fingerprint density at radius 2 is 1.90 bits per heavy atom. The van der Waals surface area contributed by atoms with Gasteiger partial charge in [-0.3, -0.25) is 9.59 Å². The minimum atomic E-state index is -4.64. The van der Waals surface area contributed by atoms with Crippen molar-refractivity contribution in [2.24, 2.45) is 0 Å². The zero-order chi connectivity index (χ0) is 21.2. The van der Waals surface area contributed by atoms with Crippen LogP contribution in [0.25, 0.3) is 11.8 Å². The molecular formula is C20H17F3N4O2. The van der Waals surface area contributed by atoms with Crippen molar-refractivity contribution >= 4 is 17.7 Å². The van der Waals surface area contributed by atoms with Crippen LogP contribution in [0, 0.1) is 13.8 Å². The van der Waals surface area contributed by atoms with Gasteiger partial charge in [0.25, 0.3) is 5.56 Å². The molecule has 2 heterocycles. The maximum absolute atomic E-state index is 12.8. The lowest BCUT2D eigenvalue weighted by molar-refractivity contribution is -0.137. The van der Waals surface area contributed by atoms with E-state index in [2.05, 4.69) is 10.4 Å². The topological polar surface area (TPSA) is 79.8 Å². The summed E-state index contributed by atoms with van der Waals surface area (Å²) in [6.07, 6.45) is -1.43. The summed E-state index contributed by atoms with van der Waals surface area (Å²) in [7, 11) is 0. The Hall–Kier alpha value is -3.62. The molecule has 0 unspecified atom stereocenters. The number of nitrogens with one attached hydrogen (secondary N) is 2. The number of rotatable bonds is 4. The number of alkyl halides is 3. The van der Waals surface area contributed by atoms with Crippen molar-refractivity contribution in [2.75, 3.05) is 5.32 Å². The molecule has 0 radical (unpaired) electrons. The number of halogens is 3. The molecule has 0 spiro atoms. The van der Waals surface area contributed by atoms with Crippen molar-refractivity contribution in [2.45, 2.75) is 20.0 Å². The molecule has 0 fully saturated rings. The summed E-state index contributed by atoms with van der Waals surface area (Å²) in [4.78, 5) is 25.8. The molecule has 0 saturated carbocycles. The SMILES string of the molecule is Cc1nn(-c2ccccc2)c(C)c1/C=C/C(=O)Nc1cc(C(F)(F)F)c[nH]c1=O. The van der Waals surface area contributed by atoms with Gasteiger partial charge < -0.3 is 10.3 Å². The molecule has 29 heavy (non-hydrogen) atoms. The lowest BCUT2D eigenvalue weighted by Gasteiger charge is -2.08. The Morgan fingerprint density at radius 1 is 1.21 bits per heavy atom. The van der Waals surface area contributed by atoms with Crippen LogP contribution in [-0.2, 0) is 11.0 Å². The molecule has 3 rings (SSSR count). The van der Waals surface area contributed by atoms with E-state index in [1.807, 2.05) is 42.2 Å². The van der Waals surface area contributed by atoms with Crippen molar-refractivity contribution in [1.29, 1.82) is 0 Å². The number of anilines is 1. The van der Waals surface area contributed by atoms with Crippen LogP contribution in [0.2, 0.25) is 0 Å². The Morgan fingerprint density at radius 3 is 2.55 bits per heavy atom. The molecule has 2 aromatic heterocycles. The van der Waals surface area contributed by atoms with Crippen LogP contribution in [0.15, 0.2) is 53.5 Å². The molecule has 0 aliphatic carbocycles. The summed E-state index contributed by atoms with van der Waals surface area (Å²) < 4.78 is 40.1. The molecule has 0 saturated heterocycles. The van der Waals surface area contributed by atoms with Gasteiger partial charge in [0.05, 0.1) is 16.9 Å². The van der Waals surface area contributed by atoms with Crippen molar-refractivity contribution in [3.05, 3.63) is 81.5 Å². The van der Waals surface area contributed by atoms with Gasteiger partial charge in [0, 0.05) is 23.5 Å². The largest absolute Gasteiger partial charge is 0.417 e. The first kappa shape index (κ1) is 20.1. The summed E-state index contributed by atoms with van der Waals surface area (Å²) in [6.45, 7) is 3.61. The first-order valence-corrected chi connectivity index (χ1v) is 8.57. The van der Waals surface area contributed by atoms with Crippen LogP contribution in [0.3, 0.4) is 0 Å². The van der Waals surface area contributed by atoms with Gasteiger partial charge in [-0.15, -0.1) is 0 Å². The molecule has 0 aliphatic rings. The molecule has 3 aromatic rings. The number of para-hydroxylation sites is 1. The van der Waals surface area contributed by atoms with Gasteiger partial charge >= 0.3 is 6.18 Å². The van der Waals surface area contributed by atoms with E-state index in [0.717, 1.165) is 17.5 Å². The van der Waals surface area contributed by atoms with Crippen LogP contribution >= 0.6 is 0 Å². The van der Waals surface area contributed by atoms with Crippen molar-refractivity contribution in [1.82, 2.24) is 14.8 Å². The molecular weight excluding hydrogens is 385 g/mol. The predicted octanol–water partition coefficient (Wildman–Crippen LogP) is 3.85. The normalized spacial score (nSPS) is 11.8. The lowest BCUT2D eigenvalue weighted by Crippen LogP contribution is -2.20. The highest BCUT2D eigenvalue weighted by Crippen LogP contribution is 2.29. The van der Waals surface area contributed by atoms with Crippen LogP contribution in [-0.4, -0.2) is 20.7 Å². The highest BCUT2D eigenvalue weighted by atomic mass is 19.4. The average Bonchev–Trinajstić information content (AvgIpc) is 2.95. The number of carbonyl (C=O) groups is 1. The minimum absolute atomic E-state index is 0.483. The van der Waals surface area contributed by atoms with E-state index in [1.165, 1.54) is 6.08 Å². The first-order valence-electron chi connectivity index (χ1n) is 8.57. The van der Waals surface area contributed by atoms with Crippen molar-refractivity contribution in [3.63, 3.8) is 0 Å². The van der Waals surface area contributed by atoms with Crippen molar-refractivity contribution < 1.29 is 18.0 Å². The maximum atomic E-state index is 12.8. The number of pyridine rings is 1. The molecule has 150 valence electrons. The number of hydrogen-bond donors (Lipinski definition) is 2. The Bertz CT molecular complexity index is 1130. The number of aromatic amines is 1. The summed E-state index contributed by atoms with van der Waals surface area (Å²) in [5.74, 6) is -0.735. The van der Waals surface area contributed by atoms with Gasteiger partial charge in [0.15, 0.2) is 0 Å². The number of carbonyl (C=O) groups excluding carboxylic acids is 1. The Labute approximate surface area is 163 Å². The summed E-state index contributed by atoms with van der Waals surface area (Å²) in [5.41, 5.74) is 0.635. The van der Waals surface area contributed by atoms with Crippen LogP contribution in [0.5, 0.6) is 0 Å². The van der Waals surface area contributed by atoms with Gasteiger partial charge in [0.2, 0.25) is 5.91 Å². The second-order valence-electron chi connectivity index (χ2n) is 6.28. The van der Waals surface area contributed by atoms with Crippen LogP contribution < -0.4 is 10.9 Å². The molecule has 6 nitrogen and oxygen atoms in total. The van der Waals surface area contributed by atoms with Gasteiger partial charge in [0.1, 0.15) is 5.69 Å². The summed E-state index contributed by atoms with van der Waals surface area (Å²) >= 11 is 0. The average molecular weight is 402 g/mol. The lowest BCUT2D eigenvalue weighted by atomic mass is 10.2. The zero-order valence-corrected chi connectivity index (χ0v) is 15.5. The highest BCUT2D eigenvalue weighted by Gasteiger charge is 2.31. The molecule has 1 aromatic carbocycles. The van der Waals surface area contributed by atoms with E-state index < -0.39 is 28.9 Å². The number of aryl methyl sites for hydroxylation is 1. The van der Waals surface area contributed by atoms with Gasteiger partial charge in [-0.1, -0.05) is 18.2 Å². The van der Waals surface area contributed by atoms with E-state index in [-0.39, 0.29) is 0 Å². The Balaban J connectivity index is 1.82. The van der Waals surface area contributed by atoms with E-state index in [0.29, 0.717) is 23.5 Å². The van der Waals surface area contributed by atoms with Gasteiger partial charge in [-0.2, -0.15) is 18.3 Å². The zero-order valence-electron chi connectivity index (χ0n) is 15.5. The van der Waals surface area contributed by atoms with Gasteiger partial charge in [-0.25, -0.2) is 4.68 Å². The minimum Gasteiger partial charge on any atom is -0.327 e. The number of aromatic nitrogens is 3. The van der Waals surface area contributed by atoms with E-state index in [9.17, 15) is 22.8 Å². The third-order valence-corrected chi connectivity index (χ3v) is 4.24. The van der Waals surface area contributed by atoms with E-state index in [4.69, 9.17) is 0 Å². The second-order valence-corrected chi connectivity index (χ2v) is 6.28. The number of amides is 1. The standard InChI is InChI=1S/C20H17F3N4O2/c1-12-16(13(2)27(26-12)15-6-4-3-5-7-15)8-9-18(28)25-17-10-14(20(21,22)23)11-24-19(17)29/h3-11H,1-2H3,(H,24,29)(H,25,28)/b9-8+. The third kappa shape index (κ3) is 4.45. The second kappa shape index (κ2) is 7.78. The smallest absolute Gasteiger partial charge is 0.327 e. The van der Waals surface area contributed by atoms with Crippen LogP contribution in [0.1, 0.15) is 22.5 Å². The molecule has 0 aliphatic heterocycles. The third-order valence-electron chi connectivity index (χ3n) is 4.24. The van der Waals surface area contributed by atoms with Crippen molar-refractivity contribution in [3.8, 4) is 5.69 Å². The predicted molar refractivity (Wildman–Crippen MR) is 103 cm³/mol. The molecule has 1 amide bonds. The molecule has 2 N–H and O–H groups in total. The molecule has 0 atom stereocenters. The highest BCUT2D eigenvalue weighted by molar-refractivity contribution is 6.02. The fraction of sp³-hybridized carbons (Fsp3) is 0.150. The fourth-order valence-electron chi connectivity index (χ4n) is 2.79. The maximum Gasteiger partial charge on any atom is 0.417 e. The quantitative estimate of drug-likeness (QED) is 0.651. The van der Waals surface area contributed by atoms with Gasteiger partial charge in [-0.05, 0) is 38.1 Å². The number of nitrogens with zero attached hydrogens (tertiary/aromatic N) is 2. The summed E-state index contributed by atoms with van der Waals surface area (Å²) in [5, 5.41) is 6.62. The van der Waals surface area contributed by atoms with Crippen LogP contribution in [0.4, 0.5) is 18.9 Å².